The van der Waals surface area contributed by atoms with E-state index < -0.39 is 0 Å². The molecule has 8 heteroatoms. The van der Waals surface area contributed by atoms with Crippen molar-refractivity contribution in [3.8, 4) is 34.2 Å². The van der Waals surface area contributed by atoms with Crippen molar-refractivity contribution in [2.24, 2.45) is 0 Å². The zero-order valence-corrected chi connectivity index (χ0v) is 38.6. The van der Waals surface area contributed by atoms with E-state index in [0.29, 0.717) is 17.5 Å². The number of hydrogen-bond donors (Lipinski definition) is 0. The summed E-state index contributed by atoms with van der Waals surface area (Å²) in [5.41, 5.74) is 20.6. The van der Waals surface area contributed by atoms with Gasteiger partial charge in [-0.3, -0.25) is 0 Å². The predicted octanol–water partition coefficient (Wildman–Crippen LogP) is 11.3. The van der Waals surface area contributed by atoms with Gasteiger partial charge < -0.3 is 14.7 Å². The third-order valence-corrected chi connectivity index (χ3v) is 14.3. The van der Waals surface area contributed by atoms with Crippen LogP contribution in [-0.2, 0) is 0 Å². The quantitative estimate of drug-likeness (QED) is 0.149. The van der Waals surface area contributed by atoms with Gasteiger partial charge in [-0.25, -0.2) is 15.0 Å². The summed E-state index contributed by atoms with van der Waals surface area (Å²) in [5, 5.41) is 0. The van der Waals surface area contributed by atoms with Gasteiger partial charge >= 0.3 is 0 Å². The van der Waals surface area contributed by atoms with Crippen molar-refractivity contribution in [3.05, 3.63) is 255 Å². The average Bonchev–Trinajstić information content (AvgIpc) is 3.45. The maximum absolute atomic E-state index is 5.10. The number of anilines is 9. The van der Waals surface area contributed by atoms with Crippen LogP contribution in [0.2, 0.25) is 0 Å². The minimum atomic E-state index is -0.0291. The third kappa shape index (κ3) is 6.63. The molecule has 0 atom stereocenters. The SMILES string of the molecule is c1ccc(B2c3ccccc3B3c4ccccc4N(c4ccccc4)c4c3c2cc2c4N(c3ccccc3)c3ccccc3N2c2ccc(-c3nc(-c4ccccc4)nc(-c4ccccc4)n3)cc2)cc1. The molecule has 0 saturated carbocycles. The van der Waals surface area contributed by atoms with Crippen LogP contribution in [0.15, 0.2) is 255 Å². The summed E-state index contributed by atoms with van der Waals surface area (Å²) in [7, 11) is 0. The molecule has 0 spiro atoms. The van der Waals surface area contributed by atoms with Gasteiger partial charge in [0.15, 0.2) is 17.5 Å². The first-order valence-corrected chi connectivity index (χ1v) is 24.3. The standard InChI is InChI=1S/C63H42B2N6/c1-6-22-43(23-7-1)61-66-62(44-24-8-2-9-25-44)68-63(67-61)45-38-40-49(41-39-45)69-55-36-20-21-37-56(55)71(48-30-14-5-15-31-48)59-57(69)42-53-58-60(59)70(47-28-12-4-13-29-47)54-35-19-18-34-52(54)65(58)51-33-17-16-32-50(51)64(53)46-26-10-3-11-27-46/h1-42H. The van der Waals surface area contributed by atoms with E-state index in [1.807, 2.05) is 60.7 Å². The molecule has 0 radical (unpaired) electrons. The summed E-state index contributed by atoms with van der Waals surface area (Å²) < 4.78 is 0. The van der Waals surface area contributed by atoms with Crippen molar-refractivity contribution in [1.82, 2.24) is 15.0 Å². The van der Waals surface area contributed by atoms with E-state index in [1.165, 1.54) is 44.2 Å². The van der Waals surface area contributed by atoms with Gasteiger partial charge in [0.05, 0.1) is 28.4 Å². The molecule has 0 N–H and O–H groups in total. The molecule has 0 saturated heterocycles. The fraction of sp³-hybridized carbons (Fsp3) is 0. The summed E-state index contributed by atoms with van der Waals surface area (Å²) in [5.74, 6) is 1.88. The Labute approximate surface area is 414 Å². The molecule has 330 valence electrons. The van der Waals surface area contributed by atoms with Crippen LogP contribution in [0, 0.1) is 0 Å². The highest BCUT2D eigenvalue weighted by Gasteiger charge is 2.48. The second-order valence-electron chi connectivity index (χ2n) is 18.3. The van der Waals surface area contributed by atoms with Crippen LogP contribution < -0.4 is 47.5 Å². The van der Waals surface area contributed by atoms with Gasteiger partial charge in [0.2, 0.25) is 13.4 Å². The molecule has 0 aliphatic carbocycles. The van der Waals surface area contributed by atoms with Crippen molar-refractivity contribution < 1.29 is 0 Å². The number of hydrogen-bond acceptors (Lipinski definition) is 6. The highest BCUT2D eigenvalue weighted by atomic mass is 15.3. The van der Waals surface area contributed by atoms with Crippen LogP contribution in [0.4, 0.5) is 51.2 Å². The molecule has 11 aromatic rings. The summed E-state index contributed by atoms with van der Waals surface area (Å²) >= 11 is 0. The minimum Gasteiger partial charge on any atom is -0.309 e. The Morgan fingerprint density at radius 2 is 0.662 bits per heavy atom. The maximum Gasteiger partial charge on any atom is 0.245 e. The second-order valence-corrected chi connectivity index (χ2v) is 18.3. The van der Waals surface area contributed by atoms with Crippen LogP contribution in [0.5, 0.6) is 0 Å². The fourth-order valence-corrected chi connectivity index (χ4v) is 11.3. The molecule has 0 fully saturated rings. The molecular weight excluding hydrogens is 862 g/mol. The third-order valence-electron chi connectivity index (χ3n) is 14.3. The molecular formula is C63H42B2N6. The van der Waals surface area contributed by atoms with Gasteiger partial charge in [0.1, 0.15) is 0 Å². The Balaban J connectivity index is 1.05. The van der Waals surface area contributed by atoms with Crippen molar-refractivity contribution in [1.29, 1.82) is 0 Å². The number of nitrogens with zero attached hydrogens (tertiary/aromatic N) is 6. The number of benzene rings is 10. The van der Waals surface area contributed by atoms with Crippen molar-refractivity contribution >= 4 is 97.4 Å². The van der Waals surface area contributed by atoms with Crippen LogP contribution in [0.3, 0.4) is 0 Å². The van der Waals surface area contributed by atoms with Gasteiger partial charge in [-0.05, 0) is 83.7 Å². The molecule has 10 aromatic carbocycles. The maximum atomic E-state index is 5.10. The number of rotatable bonds is 7. The Morgan fingerprint density at radius 1 is 0.268 bits per heavy atom. The van der Waals surface area contributed by atoms with Gasteiger partial charge in [0.25, 0.3) is 0 Å². The largest absolute Gasteiger partial charge is 0.309 e. The van der Waals surface area contributed by atoms with Crippen molar-refractivity contribution in [3.63, 3.8) is 0 Å². The van der Waals surface area contributed by atoms with E-state index in [1.54, 1.807) is 0 Å². The first kappa shape index (κ1) is 40.8. The van der Waals surface area contributed by atoms with E-state index in [-0.39, 0.29) is 13.4 Å². The van der Waals surface area contributed by atoms with Gasteiger partial charge in [-0.2, -0.15) is 0 Å². The molecule has 3 aliphatic heterocycles. The first-order chi connectivity index (χ1) is 35.3. The van der Waals surface area contributed by atoms with Gasteiger partial charge in [-0.1, -0.05) is 204 Å². The molecule has 71 heavy (non-hydrogen) atoms. The highest BCUT2D eigenvalue weighted by Crippen LogP contribution is 2.58. The van der Waals surface area contributed by atoms with Crippen molar-refractivity contribution in [2.45, 2.75) is 0 Å². The van der Waals surface area contributed by atoms with Crippen molar-refractivity contribution in [2.75, 3.05) is 14.7 Å². The van der Waals surface area contributed by atoms with Gasteiger partial charge in [0, 0.05) is 39.4 Å². The summed E-state index contributed by atoms with van der Waals surface area (Å²) in [6.07, 6.45) is 0. The monoisotopic (exact) mass is 904 g/mol. The van der Waals surface area contributed by atoms with E-state index in [2.05, 4.69) is 209 Å². The summed E-state index contributed by atoms with van der Waals surface area (Å²) in [4.78, 5) is 22.7. The molecule has 0 bridgehead atoms. The highest BCUT2D eigenvalue weighted by molar-refractivity contribution is 7.12. The number of fused-ring (bicyclic) bond motifs is 7. The van der Waals surface area contributed by atoms with Crippen LogP contribution in [0.25, 0.3) is 34.2 Å². The molecule has 3 aliphatic rings. The second kappa shape index (κ2) is 16.8. The normalized spacial score (nSPS) is 12.9. The van der Waals surface area contributed by atoms with E-state index in [4.69, 9.17) is 15.0 Å². The molecule has 4 heterocycles. The van der Waals surface area contributed by atoms with Crippen LogP contribution >= 0.6 is 0 Å². The Morgan fingerprint density at radius 3 is 1.21 bits per heavy atom. The van der Waals surface area contributed by atoms with Gasteiger partial charge in [-0.15, -0.1) is 0 Å². The van der Waals surface area contributed by atoms with Crippen LogP contribution in [-0.4, -0.2) is 28.4 Å². The molecule has 6 nitrogen and oxygen atoms in total. The summed E-state index contributed by atoms with van der Waals surface area (Å²) in [6.45, 7) is -0.0410. The molecule has 0 amide bonds. The summed E-state index contributed by atoms with van der Waals surface area (Å²) in [6, 6.07) is 91.5. The Hall–Kier alpha value is -9.26. The number of para-hydroxylation sites is 5. The smallest absolute Gasteiger partial charge is 0.245 e. The molecule has 0 unspecified atom stereocenters. The van der Waals surface area contributed by atoms with E-state index in [9.17, 15) is 0 Å². The number of aromatic nitrogens is 3. The molecule has 1 aromatic heterocycles. The Bertz CT molecular complexity index is 3720. The molecule has 14 rings (SSSR count). The zero-order valence-electron chi connectivity index (χ0n) is 38.6. The average molecular weight is 905 g/mol. The zero-order chi connectivity index (χ0) is 46.8. The lowest BCUT2D eigenvalue weighted by Gasteiger charge is -2.48. The predicted molar refractivity (Wildman–Crippen MR) is 296 cm³/mol. The Kier molecular flexibility index (Phi) is 9.62. The fourth-order valence-electron chi connectivity index (χ4n) is 11.3. The lowest BCUT2D eigenvalue weighted by Crippen LogP contribution is -2.76. The van der Waals surface area contributed by atoms with Crippen LogP contribution in [0.1, 0.15) is 0 Å². The minimum absolute atomic E-state index is 0.0120. The topological polar surface area (TPSA) is 48.4 Å². The van der Waals surface area contributed by atoms with E-state index in [0.717, 1.165) is 56.5 Å². The van der Waals surface area contributed by atoms with E-state index >= 15 is 0 Å². The lowest BCUT2D eigenvalue weighted by molar-refractivity contribution is 1.07. The first-order valence-electron chi connectivity index (χ1n) is 24.3. The lowest BCUT2D eigenvalue weighted by atomic mass is 9.20.